The molecule has 0 amide bonds. The molecule has 0 N–H and O–H groups in total. The van der Waals surface area contributed by atoms with Gasteiger partial charge < -0.3 is 4.74 Å². The van der Waals surface area contributed by atoms with E-state index in [1.807, 2.05) is 18.2 Å². The minimum absolute atomic E-state index is 0.211. The van der Waals surface area contributed by atoms with Crippen LogP contribution in [0.15, 0.2) is 24.3 Å². The second-order valence-electron chi connectivity index (χ2n) is 6.88. The number of ether oxygens (including phenoxy) is 1. The minimum Gasteiger partial charge on any atom is -0.465 e. The first-order valence-corrected chi connectivity index (χ1v) is 10.2. The summed E-state index contributed by atoms with van der Waals surface area (Å²) >= 11 is 4.31. The Balaban J connectivity index is 1.68. The summed E-state index contributed by atoms with van der Waals surface area (Å²) in [7, 11) is 1.41. The van der Waals surface area contributed by atoms with Gasteiger partial charge in [-0.2, -0.15) is 0 Å². The van der Waals surface area contributed by atoms with E-state index in [1.165, 1.54) is 45.6 Å². The molecule has 5 rings (SSSR count). The molecule has 0 saturated heterocycles. The van der Waals surface area contributed by atoms with Crippen molar-refractivity contribution < 1.29 is 9.53 Å². The van der Waals surface area contributed by atoms with Gasteiger partial charge in [-0.25, -0.2) is 4.79 Å². The van der Waals surface area contributed by atoms with Crippen LogP contribution < -0.4 is 0 Å². The summed E-state index contributed by atoms with van der Waals surface area (Å²) in [4.78, 5) is 12.0. The highest BCUT2D eigenvalue weighted by Crippen LogP contribution is 2.57. The molecule has 1 aromatic heterocycles. The highest BCUT2D eigenvalue weighted by Gasteiger charge is 2.49. The first-order valence-electron chi connectivity index (χ1n) is 8.26. The largest absolute Gasteiger partial charge is 0.465 e. The summed E-state index contributed by atoms with van der Waals surface area (Å²) in [5.74, 6) is -0.328. The third-order valence-corrected chi connectivity index (χ3v) is 8.42. The van der Waals surface area contributed by atoms with Crippen LogP contribution in [-0.4, -0.2) is 26.7 Å². The first-order chi connectivity index (χ1) is 11.6. The molecule has 2 bridgehead atoms. The molecule has 0 unspecified atom stereocenters. The fourth-order valence-electron chi connectivity index (χ4n) is 3.96. The van der Waals surface area contributed by atoms with Crippen molar-refractivity contribution in [3.05, 3.63) is 34.8 Å². The molecule has 0 radical (unpaired) electrons. The van der Waals surface area contributed by atoms with Crippen LogP contribution in [-0.2, 0) is 10.2 Å². The van der Waals surface area contributed by atoms with Crippen molar-refractivity contribution in [1.82, 2.24) is 10.2 Å². The number of aromatic nitrogens is 2. The Bertz CT molecular complexity index is 764. The van der Waals surface area contributed by atoms with Crippen molar-refractivity contribution in [2.45, 2.75) is 47.4 Å². The summed E-state index contributed by atoms with van der Waals surface area (Å²) < 4.78 is 5.42. The highest BCUT2D eigenvalue weighted by atomic mass is 127. The van der Waals surface area contributed by atoms with Crippen LogP contribution in [0.25, 0.3) is 10.6 Å². The third-order valence-electron chi connectivity index (χ3n) is 5.60. The Morgan fingerprint density at radius 1 is 1.12 bits per heavy atom. The Hall–Kier alpha value is -1.02. The molecule has 3 fully saturated rings. The number of nitrogens with zero attached hydrogens (tertiary/aromatic N) is 2. The summed E-state index contributed by atoms with van der Waals surface area (Å²) in [6, 6.07) is 7.48. The zero-order valence-corrected chi connectivity index (χ0v) is 16.5. The zero-order chi connectivity index (χ0) is 16.8. The smallest absolute Gasteiger partial charge is 0.338 e. The second-order valence-corrected chi connectivity index (χ2v) is 10.1. The lowest BCUT2D eigenvalue weighted by Crippen LogP contribution is -2.44. The molecule has 126 valence electrons. The normalized spacial score (nSPS) is 28.8. The molecule has 3 saturated carbocycles. The molecule has 3 aliphatic carbocycles. The molecule has 0 spiro atoms. The van der Waals surface area contributed by atoms with Crippen LogP contribution >= 0.6 is 33.9 Å². The minimum atomic E-state index is -0.328. The maximum absolute atomic E-state index is 12.0. The van der Waals surface area contributed by atoms with Crippen LogP contribution in [0.5, 0.6) is 0 Å². The van der Waals surface area contributed by atoms with E-state index in [-0.39, 0.29) is 11.4 Å². The fourth-order valence-corrected chi connectivity index (χ4v) is 5.93. The van der Waals surface area contributed by atoms with Crippen LogP contribution in [0, 0.1) is 0 Å². The van der Waals surface area contributed by atoms with E-state index in [0.717, 1.165) is 15.6 Å². The van der Waals surface area contributed by atoms with Gasteiger partial charge in [0, 0.05) is 14.4 Å². The van der Waals surface area contributed by atoms with Crippen LogP contribution in [0.3, 0.4) is 0 Å². The predicted molar refractivity (Wildman–Crippen MR) is 103 cm³/mol. The van der Waals surface area contributed by atoms with Crippen molar-refractivity contribution >= 4 is 39.9 Å². The second kappa shape index (κ2) is 6.05. The van der Waals surface area contributed by atoms with Gasteiger partial charge in [-0.05, 0) is 44.6 Å². The van der Waals surface area contributed by atoms with E-state index in [1.54, 1.807) is 17.4 Å². The molecule has 6 heteroatoms. The number of rotatable bonds is 3. The maximum atomic E-state index is 12.0. The summed E-state index contributed by atoms with van der Waals surface area (Å²) in [5.41, 5.74) is 1.58. The van der Waals surface area contributed by atoms with Crippen molar-refractivity contribution in [3.63, 3.8) is 0 Å². The van der Waals surface area contributed by atoms with Gasteiger partial charge in [0.15, 0.2) is 0 Å². The molecule has 3 aliphatic rings. The monoisotopic (exact) mass is 454 g/mol. The molecular weight excluding hydrogens is 435 g/mol. The van der Waals surface area contributed by atoms with Gasteiger partial charge >= 0.3 is 5.97 Å². The fraction of sp³-hybridized carbons (Fsp3) is 0.500. The van der Waals surface area contributed by atoms with Gasteiger partial charge in [0.25, 0.3) is 0 Å². The zero-order valence-electron chi connectivity index (χ0n) is 13.5. The number of carbonyl (C=O) groups is 1. The number of alkyl halides is 1. The lowest BCUT2D eigenvalue weighted by Gasteiger charge is -2.49. The van der Waals surface area contributed by atoms with E-state index < -0.39 is 0 Å². The number of esters is 1. The molecule has 1 heterocycles. The number of hydrogen-bond acceptors (Lipinski definition) is 5. The van der Waals surface area contributed by atoms with E-state index in [2.05, 4.69) is 32.8 Å². The summed E-state index contributed by atoms with van der Waals surface area (Å²) in [5, 5.41) is 10.9. The first kappa shape index (κ1) is 16.4. The van der Waals surface area contributed by atoms with Gasteiger partial charge in [0.05, 0.1) is 12.7 Å². The SMILES string of the molecule is COC(=O)c1ccccc1-c1nnc(C23CCC(I)(CC2)CC3)s1. The standard InChI is InChI=1S/C18H19IN2O2S/c1-23-15(22)13-5-3-2-4-12(13)14-20-21-16(24-14)17-6-9-18(19,10-7-17)11-8-17/h2-5H,6-11H2,1H3. The third kappa shape index (κ3) is 2.67. The Labute approximate surface area is 159 Å². The molecule has 4 nitrogen and oxygen atoms in total. The van der Waals surface area contributed by atoms with E-state index in [4.69, 9.17) is 4.74 Å². The summed E-state index contributed by atoms with van der Waals surface area (Å²) in [6.45, 7) is 0. The van der Waals surface area contributed by atoms with Crippen molar-refractivity contribution in [1.29, 1.82) is 0 Å². The van der Waals surface area contributed by atoms with Crippen molar-refractivity contribution in [2.24, 2.45) is 0 Å². The van der Waals surface area contributed by atoms with Gasteiger partial charge in [-0.3, -0.25) is 0 Å². The van der Waals surface area contributed by atoms with Gasteiger partial charge in [0.1, 0.15) is 10.0 Å². The Morgan fingerprint density at radius 3 is 2.46 bits per heavy atom. The lowest BCUT2D eigenvalue weighted by molar-refractivity contribution is 0.0601. The van der Waals surface area contributed by atoms with E-state index in [9.17, 15) is 4.79 Å². The number of methoxy groups -OCH3 is 1. The lowest BCUT2D eigenvalue weighted by atomic mass is 9.61. The molecule has 24 heavy (non-hydrogen) atoms. The quantitative estimate of drug-likeness (QED) is 0.381. The van der Waals surface area contributed by atoms with Gasteiger partial charge in [0.2, 0.25) is 0 Å². The molecular formula is C18H19IN2O2S. The molecule has 1 aromatic carbocycles. The van der Waals surface area contributed by atoms with E-state index >= 15 is 0 Å². The highest BCUT2D eigenvalue weighted by molar-refractivity contribution is 14.1. The number of halogens is 1. The molecule has 0 atom stereocenters. The average Bonchev–Trinajstić information content (AvgIpc) is 3.13. The maximum Gasteiger partial charge on any atom is 0.338 e. The number of benzene rings is 1. The Morgan fingerprint density at radius 2 is 1.79 bits per heavy atom. The number of hydrogen-bond donors (Lipinski definition) is 0. The van der Waals surface area contributed by atoms with Crippen molar-refractivity contribution in [2.75, 3.05) is 7.11 Å². The van der Waals surface area contributed by atoms with Crippen molar-refractivity contribution in [3.8, 4) is 10.6 Å². The molecule has 0 aliphatic heterocycles. The average molecular weight is 454 g/mol. The van der Waals surface area contributed by atoms with Crippen LogP contribution in [0.4, 0.5) is 0 Å². The van der Waals surface area contributed by atoms with E-state index in [0.29, 0.717) is 8.99 Å². The summed E-state index contributed by atoms with van der Waals surface area (Å²) in [6.07, 6.45) is 7.47. The number of carbonyl (C=O) groups excluding carboxylic acids is 1. The van der Waals surface area contributed by atoms with Crippen LogP contribution in [0.2, 0.25) is 0 Å². The number of fused-ring (bicyclic) bond motifs is 3. The topological polar surface area (TPSA) is 52.1 Å². The van der Waals surface area contributed by atoms with Gasteiger partial charge in [-0.15, -0.1) is 10.2 Å². The predicted octanol–water partition coefficient (Wildman–Crippen LogP) is 4.77. The Kier molecular flexibility index (Phi) is 4.15. The van der Waals surface area contributed by atoms with Gasteiger partial charge in [-0.1, -0.05) is 52.1 Å². The van der Waals surface area contributed by atoms with Crippen LogP contribution in [0.1, 0.15) is 53.9 Å². The molecule has 2 aromatic rings.